The van der Waals surface area contributed by atoms with Crippen molar-refractivity contribution in [1.29, 1.82) is 0 Å². The van der Waals surface area contributed by atoms with E-state index in [4.69, 9.17) is 0 Å². The summed E-state index contributed by atoms with van der Waals surface area (Å²) in [7, 11) is 0. The molecule has 0 saturated heterocycles. The molecule has 0 aliphatic heterocycles. The van der Waals surface area contributed by atoms with E-state index in [1.54, 1.807) is 4.52 Å². The molecule has 0 bridgehead atoms. The second kappa shape index (κ2) is 2.55. The molecule has 0 spiro atoms. The second-order valence-electron chi connectivity index (χ2n) is 3.01. The highest BCUT2D eigenvalue weighted by Crippen LogP contribution is 2.10. The van der Waals surface area contributed by atoms with Crippen molar-refractivity contribution < 1.29 is 0 Å². The molecule has 2 aromatic rings. The zero-order valence-corrected chi connectivity index (χ0v) is 7.10. The van der Waals surface area contributed by atoms with E-state index in [0.717, 1.165) is 5.69 Å². The fourth-order valence-corrected chi connectivity index (χ4v) is 1.05. The highest BCUT2D eigenvalue weighted by molar-refractivity contribution is 5.26. The molecule has 0 aromatic carbocycles. The molecular formula is C8H10N4. The van der Waals surface area contributed by atoms with Gasteiger partial charge in [-0.2, -0.15) is 10.1 Å². The SMILES string of the molecule is CC(C)c1ccn2ncnc2n1. The van der Waals surface area contributed by atoms with Gasteiger partial charge in [-0.1, -0.05) is 13.8 Å². The first-order chi connectivity index (χ1) is 5.77. The maximum atomic E-state index is 4.32. The summed E-state index contributed by atoms with van der Waals surface area (Å²) in [5, 5.41) is 3.96. The maximum absolute atomic E-state index is 4.32. The Balaban J connectivity index is 2.60. The summed E-state index contributed by atoms with van der Waals surface area (Å²) in [6, 6.07) is 1.96. The summed E-state index contributed by atoms with van der Waals surface area (Å²) >= 11 is 0. The number of rotatable bonds is 1. The summed E-state index contributed by atoms with van der Waals surface area (Å²) in [5.74, 6) is 1.10. The summed E-state index contributed by atoms with van der Waals surface area (Å²) in [4.78, 5) is 8.33. The lowest BCUT2D eigenvalue weighted by molar-refractivity contribution is 0.806. The van der Waals surface area contributed by atoms with Gasteiger partial charge in [-0.05, 0) is 12.0 Å². The van der Waals surface area contributed by atoms with Crippen LogP contribution in [-0.2, 0) is 0 Å². The summed E-state index contributed by atoms with van der Waals surface area (Å²) in [6.45, 7) is 4.21. The number of aromatic nitrogens is 4. The van der Waals surface area contributed by atoms with Crippen molar-refractivity contribution in [2.75, 3.05) is 0 Å². The highest BCUT2D eigenvalue weighted by atomic mass is 15.3. The first kappa shape index (κ1) is 7.21. The largest absolute Gasteiger partial charge is 0.252 e. The minimum absolute atomic E-state index is 0.437. The van der Waals surface area contributed by atoms with E-state index in [0.29, 0.717) is 11.7 Å². The molecule has 0 saturated carbocycles. The number of fused-ring (bicyclic) bond motifs is 1. The van der Waals surface area contributed by atoms with Crippen LogP contribution in [0.2, 0.25) is 0 Å². The molecule has 0 aliphatic carbocycles. The lowest BCUT2D eigenvalue weighted by Crippen LogP contribution is -1.97. The molecule has 4 heteroatoms. The number of nitrogens with zero attached hydrogens (tertiary/aromatic N) is 4. The lowest BCUT2D eigenvalue weighted by Gasteiger charge is -2.02. The van der Waals surface area contributed by atoms with E-state index in [1.165, 1.54) is 6.33 Å². The van der Waals surface area contributed by atoms with Crippen LogP contribution in [0.1, 0.15) is 25.5 Å². The highest BCUT2D eigenvalue weighted by Gasteiger charge is 2.02. The molecular weight excluding hydrogens is 152 g/mol. The molecule has 0 atom stereocenters. The Bertz CT molecular complexity index is 391. The Morgan fingerprint density at radius 2 is 2.25 bits per heavy atom. The van der Waals surface area contributed by atoms with Gasteiger partial charge in [0.2, 0.25) is 0 Å². The third kappa shape index (κ3) is 1.05. The van der Waals surface area contributed by atoms with Crippen molar-refractivity contribution in [2.24, 2.45) is 0 Å². The van der Waals surface area contributed by atoms with Gasteiger partial charge < -0.3 is 0 Å². The molecule has 4 nitrogen and oxygen atoms in total. The average Bonchev–Trinajstić information content (AvgIpc) is 2.49. The van der Waals surface area contributed by atoms with Crippen molar-refractivity contribution in [1.82, 2.24) is 19.6 Å². The van der Waals surface area contributed by atoms with Crippen LogP contribution in [0.15, 0.2) is 18.6 Å². The topological polar surface area (TPSA) is 43.1 Å². The predicted octanol–water partition coefficient (Wildman–Crippen LogP) is 1.25. The van der Waals surface area contributed by atoms with E-state index in [2.05, 4.69) is 28.9 Å². The van der Waals surface area contributed by atoms with E-state index in [1.807, 2.05) is 12.3 Å². The van der Waals surface area contributed by atoms with Gasteiger partial charge in [0.1, 0.15) is 6.33 Å². The number of hydrogen-bond acceptors (Lipinski definition) is 3. The first-order valence-corrected chi connectivity index (χ1v) is 3.93. The molecule has 0 radical (unpaired) electrons. The fourth-order valence-electron chi connectivity index (χ4n) is 1.05. The molecule has 0 unspecified atom stereocenters. The van der Waals surface area contributed by atoms with Gasteiger partial charge in [0, 0.05) is 11.9 Å². The normalized spacial score (nSPS) is 11.2. The van der Waals surface area contributed by atoms with Gasteiger partial charge >= 0.3 is 0 Å². The third-order valence-corrected chi connectivity index (χ3v) is 1.76. The van der Waals surface area contributed by atoms with Crippen molar-refractivity contribution in [2.45, 2.75) is 19.8 Å². The summed E-state index contributed by atoms with van der Waals surface area (Å²) in [6.07, 6.45) is 3.39. The van der Waals surface area contributed by atoms with Gasteiger partial charge in [0.25, 0.3) is 5.78 Å². The molecule has 0 amide bonds. The monoisotopic (exact) mass is 162 g/mol. The Hall–Kier alpha value is -1.45. The van der Waals surface area contributed by atoms with Crippen LogP contribution in [0.5, 0.6) is 0 Å². The minimum Gasteiger partial charge on any atom is -0.216 e. The van der Waals surface area contributed by atoms with Crippen molar-refractivity contribution in [3.05, 3.63) is 24.3 Å². The Kier molecular flexibility index (Phi) is 1.53. The maximum Gasteiger partial charge on any atom is 0.252 e. The smallest absolute Gasteiger partial charge is 0.216 e. The quantitative estimate of drug-likeness (QED) is 0.633. The average molecular weight is 162 g/mol. The van der Waals surface area contributed by atoms with E-state index < -0.39 is 0 Å². The molecule has 12 heavy (non-hydrogen) atoms. The Morgan fingerprint density at radius 3 is 3.00 bits per heavy atom. The summed E-state index contributed by atoms with van der Waals surface area (Å²) in [5.41, 5.74) is 1.05. The Morgan fingerprint density at radius 1 is 1.42 bits per heavy atom. The van der Waals surface area contributed by atoms with Gasteiger partial charge in [-0.15, -0.1) is 0 Å². The molecule has 2 aromatic heterocycles. The third-order valence-electron chi connectivity index (χ3n) is 1.76. The van der Waals surface area contributed by atoms with Crippen LogP contribution >= 0.6 is 0 Å². The van der Waals surface area contributed by atoms with Crippen LogP contribution in [-0.4, -0.2) is 19.6 Å². The van der Waals surface area contributed by atoms with Crippen molar-refractivity contribution in [3.63, 3.8) is 0 Å². The van der Waals surface area contributed by atoms with Crippen molar-refractivity contribution in [3.8, 4) is 0 Å². The van der Waals surface area contributed by atoms with Crippen LogP contribution in [0.25, 0.3) is 5.78 Å². The van der Waals surface area contributed by atoms with E-state index in [-0.39, 0.29) is 0 Å². The molecule has 0 fully saturated rings. The van der Waals surface area contributed by atoms with Gasteiger partial charge in [-0.3, -0.25) is 0 Å². The van der Waals surface area contributed by atoms with E-state index >= 15 is 0 Å². The fraction of sp³-hybridized carbons (Fsp3) is 0.375. The predicted molar refractivity (Wildman–Crippen MR) is 44.9 cm³/mol. The molecule has 2 heterocycles. The van der Waals surface area contributed by atoms with E-state index in [9.17, 15) is 0 Å². The van der Waals surface area contributed by atoms with Gasteiger partial charge in [0.15, 0.2) is 0 Å². The molecule has 0 aliphatic rings. The molecule has 0 N–H and O–H groups in total. The van der Waals surface area contributed by atoms with Crippen LogP contribution < -0.4 is 0 Å². The second-order valence-corrected chi connectivity index (χ2v) is 3.01. The van der Waals surface area contributed by atoms with Gasteiger partial charge in [0.05, 0.1) is 0 Å². The molecule has 2 rings (SSSR count). The molecule has 62 valence electrons. The summed E-state index contributed by atoms with van der Waals surface area (Å²) < 4.78 is 1.66. The lowest BCUT2D eigenvalue weighted by atomic mass is 10.1. The van der Waals surface area contributed by atoms with Gasteiger partial charge in [-0.25, -0.2) is 9.50 Å². The Labute approximate surface area is 70.3 Å². The van der Waals surface area contributed by atoms with Crippen molar-refractivity contribution >= 4 is 5.78 Å². The zero-order valence-electron chi connectivity index (χ0n) is 7.10. The first-order valence-electron chi connectivity index (χ1n) is 3.93. The van der Waals surface area contributed by atoms with Crippen LogP contribution in [0.4, 0.5) is 0 Å². The van der Waals surface area contributed by atoms with Crippen LogP contribution in [0.3, 0.4) is 0 Å². The number of hydrogen-bond donors (Lipinski definition) is 0. The zero-order chi connectivity index (χ0) is 8.55. The minimum atomic E-state index is 0.437. The standard InChI is InChI=1S/C8H10N4/c1-6(2)7-3-4-12-8(11-7)9-5-10-12/h3-6H,1-2H3. The van der Waals surface area contributed by atoms with Crippen LogP contribution in [0, 0.1) is 0 Å².